The second-order valence-electron chi connectivity index (χ2n) is 7.26. The molecule has 2 aromatic heterocycles. The van der Waals surface area contributed by atoms with Gasteiger partial charge in [-0.1, -0.05) is 23.5 Å². The van der Waals surface area contributed by atoms with Crippen LogP contribution in [0.4, 0.5) is 17.5 Å². The Morgan fingerprint density at radius 2 is 2.17 bits per heavy atom. The Bertz CT molecular complexity index is 1080. The predicted molar refractivity (Wildman–Crippen MR) is 114 cm³/mol. The van der Waals surface area contributed by atoms with Gasteiger partial charge in [0.1, 0.15) is 21.4 Å². The second kappa shape index (κ2) is 7.07. The van der Waals surface area contributed by atoms with Crippen molar-refractivity contribution in [2.24, 2.45) is 0 Å². The van der Waals surface area contributed by atoms with Crippen LogP contribution in [0.1, 0.15) is 28.2 Å². The summed E-state index contributed by atoms with van der Waals surface area (Å²) >= 11 is 1.55. The number of fused-ring (bicyclic) bond motifs is 3. The molecule has 0 radical (unpaired) electrons. The van der Waals surface area contributed by atoms with Crippen LogP contribution < -0.4 is 15.1 Å². The normalized spacial score (nSPS) is 18.4. The molecule has 0 saturated carbocycles. The molecule has 2 aliphatic heterocycles. The van der Waals surface area contributed by atoms with Gasteiger partial charge >= 0.3 is 0 Å². The Hall–Kier alpha value is -3.07. The average molecular weight is 408 g/mol. The monoisotopic (exact) mass is 407 g/mol. The molecule has 1 atom stereocenters. The fourth-order valence-electron chi connectivity index (χ4n) is 4.05. The van der Waals surface area contributed by atoms with Gasteiger partial charge in [-0.05, 0) is 31.9 Å². The van der Waals surface area contributed by atoms with Gasteiger partial charge in [0.05, 0.1) is 0 Å². The number of carbonyl (C=O) groups excluding carboxylic acids is 1. The first-order chi connectivity index (χ1) is 14.1. The molecule has 1 saturated heterocycles. The highest BCUT2D eigenvalue weighted by Crippen LogP contribution is 2.35. The SMILES string of the molecule is CNc1ncc2c(n1)N1CCCC1CN(c1cccc(-c3nnc(C)s3)c1)C2=O. The maximum Gasteiger partial charge on any atom is 0.263 e. The van der Waals surface area contributed by atoms with Crippen LogP contribution in [0.2, 0.25) is 0 Å². The first-order valence-electron chi connectivity index (χ1n) is 9.68. The lowest BCUT2D eigenvalue weighted by atomic mass is 10.1. The lowest BCUT2D eigenvalue weighted by molar-refractivity contribution is 0.0988. The predicted octanol–water partition coefficient (Wildman–Crippen LogP) is 2.97. The number of hydrogen-bond donors (Lipinski definition) is 1. The van der Waals surface area contributed by atoms with Crippen molar-refractivity contribution in [3.63, 3.8) is 0 Å². The van der Waals surface area contributed by atoms with E-state index in [9.17, 15) is 4.79 Å². The van der Waals surface area contributed by atoms with Gasteiger partial charge in [-0.25, -0.2) is 4.98 Å². The quantitative estimate of drug-likeness (QED) is 0.714. The molecular formula is C20H21N7OS. The largest absolute Gasteiger partial charge is 0.357 e. The van der Waals surface area contributed by atoms with Gasteiger partial charge in [0.15, 0.2) is 0 Å². The first-order valence-corrected chi connectivity index (χ1v) is 10.5. The molecule has 1 aromatic carbocycles. The number of aromatic nitrogens is 4. The summed E-state index contributed by atoms with van der Waals surface area (Å²) in [4.78, 5) is 26.5. The highest BCUT2D eigenvalue weighted by Gasteiger charge is 2.37. The zero-order valence-electron chi connectivity index (χ0n) is 16.3. The Morgan fingerprint density at radius 1 is 1.28 bits per heavy atom. The van der Waals surface area contributed by atoms with E-state index < -0.39 is 0 Å². The fourth-order valence-corrected chi connectivity index (χ4v) is 4.74. The molecule has 1 fully saturated rings. The molecule has 0 aliphatic carbocycles. The first kappa shape index (κ1) is 18.0. The summed E-state index contributed by atoms with van der Waals surface area (Å²) in [5.41, 5.74) is 2.37. The number of carbonyl (C=O) groups is 1. The number of anilines is 3. The van der Waals surface area contributed by atoms with Crippen molar-refractivity contribution in [2.75, 3.05) is 35.3 Å². The number of nitrogens with one attached hydrogen (secondary N) is 1. The van der Waals surface area contributed by atoms with E-state index in [-0.39, 0.29) is 11.9 Å². The van der Waals surface area contributed by atoms with Crippen molar-refractivity contribution in [1.29, 1.82) is 0 Å². The summed E-state index contributed by atoms with van der Waals surface area (Å²) in [7, 11) is 1.79. The van der Waals surface area contributed by atoms with Crippen molar-refractivity contribution in [3.05, 3.63) is 41.0 Å². The van der Waals surface area contributed by atoms with E-state index in [1.807, 2.05) is 36.1 Å². The third-order valence-electron chi connectivity index (χ3n) is 5.44. The molecule has 1 unspecified atom stereocenters. The zero-order chi connectivity index (χ0) is 20.0. The smallest absolute Gasteiger partial charge is 0.263 e. The number of amides is 1. The summed E-state index contributed by atoms with van der Waals surface area (Å²) in [5, 5.41) is 13.1. The zero-order valence-corrected chi connectivity index (χ0v) is 17.1. The summed E-state index contributed by atoms with van der Waals surface area (Å²) in [5.74, 6) is 1.20. The summed E-state index contributed by atoms with van der Waals surface area (Å²) in [6.07, 6.45) is 3.77. The molecule has 9 heteroatoms. The minimum absolute atomic E-state index is 0.0670. The van der Waals surface area contributed by atoms with Crippen LogP contribution in [-0.4, -0.2) is 52.3 Å². The fraction of sp³-hybridized carbons (Fsp3) is 0.350. The van der Waals surface area contributed by atoms with Crippen LogP contribution in [-0.2, 0) is 0 Å². The van der Waals surface area contributed by atoms with E-state index in [4.69, 9.17) is 0 Å². The maximum atomic E-state index is 13.5. The van der Waals surface area contributed by atoms with E-state index in [0.717, 1.165) is 46.5 Å². The molecule has 29 heavy (non-hydrogen) atoms. The second-order valence-corrected chi connectivity index (χ2v) is 8.44. The molecule has 1 amide bonds. The van der Waals surface area contributed by atoms with E-state index >= 15 is 0 Å². The molecule has 1 N–H and O–H groups in total. The van der Waals surface area contributed by atoms with E-state index in [1.54, 1.807) is 24.6 Å². The third-order valence-corrected chi connectivity index (χ3v) is 6.33. The number of nitrogens with zero attached hydrogens (tertiary/aromatic N) is 6. The Morgan fingerprint density at radius 3 is 2.97 bits per heavy atom. The molecule has 2 aliphatic rings. The number of aryl methyl sites for hydroxylation is 1. The van der Waals surface area contributed by atoms with E-state index in [1.165, 1.54) is 0 Å². The minimum Gasteiger partial charge on any atom is -0.357 e. The van der Waals surface area contributed by atoms with Gasteiger partial charge in [0, 0.05) is 43.6 Å². The van der Waals surface area contributed by atoms with Gasteiger partial charge in [-0.2, -0.15) is 4.98 Å². The Balaban J connectivity index is 1.58. The minimum atomic E-state index is -0.0670. The molecule has 4 heterocycles. The van der Waals surface area contributed by atoms with Crippen molar-refractivity contribution in [1.82, 2.24) is 20.2 Å². The Labute approximate surface area is 172 Å². The number of benzene rings is 1. The topological polar surface area (TPSA) is 87.1 Å². The maximum absolute atomic E-state index is 13.5. The van der Waals surface area contributed by atoms with Gasteiger partial charge in [0.25, 0.3) is 5.91 Å². The van der Waals surface area contributed by atoms with Crippen LogP contribution in [0, 0.1) is 6.92 Å². The third kappa shape index (κ3) is 3.11. The van der Waals surface area contributed by atoms with Crippen LogP contribution in [0.15, 0.2) is 30.5 Å². The standard InChI is InChI=1S/C20H21N7OS/c1-12-24-25-18(29-12)13-5-3-6-14(9-13)27-11-15-7-4-8-26(15)17-16(19(27)28)10-22-20(21-2)23-17/h3,5-6,9-10,15H,4,7-8,11H2,1-2H3,(H,21,22,23). The molecular weight excluding hydrogens is 386 g/mol. The summed E-state index contributed by atoms with van der Waals surface area (Å²) in [6.45, 7) is 3.47. The lowest BCUT2D eigenvalue weighted by Gasteiger charge is -2.27. The van der Waals surface area contributed by atoms with Gasteiger partial charge in [-0.15, -0.1) is 10.2 Å². The van der Waals surface area contributed by atoms with Gasteiger partial charge in [-0.3, -0.25) is 4.79 Å². The average Bonchev–Trinajstić information content (AvgIpc) is 3.37. The molecule has 5 rings (SSSR count). The van der Waals surface area contributed by atoms with Crippen molar-refractivity contribution in [2.45, 2.75) is 25.8 Å². The summed E-state index contributed by atoms with van der Waals surface area (Å²) < 4.78 is 0. The van der Waals surface area contributed by atoms with Crippen LogP contribution in [0.3, 0.4) is 0 Å². The molecule has 8 nitrogen and oxygen atoms in total. The molecule has 0 spiro atoms. The highest BCUT2D eigenvalue weighted by atomic mass is 32.1. The number of hydrogen-bond acceptors (Lipinski definition) is 8. The van der Waals surface area contributed by atoms with Crippen LogP contribution in [0.25, 0.3) is 10.6 Å². The molecule has 3 aromatic rings. The van der Waals surface area contributed by atoms with Gasteiger partial charge in [0.2, 0.25) is 5.95 Å². The number of rotatable bonds is 3. The van der Waals surface area contributed by atoms with Crippen molar-refractivity contribution < 1.29 is 4.79 Å². The van der Waals surface area contributed by atoms with Crippen LogP contribution in [0.5, 0.6) is 0 Å². The van der Waals surface area contributed by atoms with E-state index in [2.05, 4.69) is 30.4 Å². The lowest BCUT2D eigenvalue weighted by Crippen LogP contribution is -2.39. The summed E-state index contributed by atoms with van der Waals surface area (Å²) in [6, 6.07) is 8.21. The van der Waals surface area contributed by atoms with E-state index in [0.29, 0.717) is 18.1 Å². The molecule has 0 bridgehead atoms. The van der Waals surface area contributed by atoms with Gasteiger partial charge < -0.3 is 15.1 Å². The van der Waals surface area contributed by atoms with Crippen molar-refractivity contribution in [3.8, 4) is 10.6 Å². The Kier molecular flexibility index (Phi) is 4.39. The molecule has 148 valence electrons. The van der Waals surface area contributed by atoms with Crippen LogP contribution >= 0.6 is 11.3 Å². The highest BCUT2D eigenvalue weighted by molar-refractivity contribution is 7.14. The van der Waals surface area contributed by atoms with Crippen molar-refractivity contribution >= 4 is 34.7 Å².